The maximum Gasteiger partial charge on any atom is 0.295 e. The molecule has 2 atom stereocenters. The molecule has 0 spiro atoms. The number of nitrogens with one attached hydrogen (secondary N) is 1. The second-order valence-electron chi connectivity index (χ2n) is 6.56. The molecule has 2 unspecified atom stereocenters. The molecule has 0 saturated carbocycles. The predicted molar refractivity (Wildman–Crippen MR) is 88.4 cm³/mol. The first kappa shape index (κ1) is 17.1. The number of carbonyl (C=O) groups excluding carboxylic acids is 4. The third kappa shape index (κ3) is 2.30. The van der Waals surface area contributed by atoms with Crippen molar-refractivity contribution in [1.82, 2.24) is 5.32 Å². The molecule has 5 nitrogen and oxygen atoms in total. The highest BCUT2D eigenvalue weighted by Gasteiger charge is 2.46. The molecule has 0 radical (unpaired) electrons. The molecule has 1 aromatic carbocycles. The van der Waals surface area contributed by atoms with Crippen LogP contribution in [0.5, 0.6) is 0 Å². The van der Waals surface area contributed by atoms with Crippen LogP contribution in [0.4, 0.5) is 0 Å². The lowest BCUT2D eigenvalue weighted by Gasteiger charge is -2.20. The molecule has 1 aliphatic heterocycles. The van der Waals surface area contributed by atoms with Gasteiger partial charge in [0.25, 0.3) is 5.91 Å². The molecule has 126 valence electrons. The third-order valence-corrected chi connectivity index (χ3v) is 5.65. The Morgan fingerprint density at radius 3 is 2.42 bits per heavy atom. The van der Waals surface area contributed by atoms with Gasteiger partial charge in [-0.15, -0.1) is 0 Å². The third-order valence-electron chi connectivity index (χ3n) is 4.77. The van der Waals surface area contributed by atoms with Crippen molar-refractivity contribution >= 4 is 46.6 Å². The molecule has 1 saturated heterocycles. The van der Waals surface area contributed by atoms with Gasteiger partial charge in [-0.1, -0.05) is 49.5 Å². The van der Waals surface area contributed by atoms with Gasteiger partial charge in [0.05, 0.1) is 10.0 Å². The van der Waals surface area contributed by atoms with E-state index in [2.05, 4.69) is 0 Å². The topological polar surface area (TPSA) is 80.3 Å². The number of fused-ring (bicyclic) bond motifs is 1. The van der Waals surface area contributed by atoms with Crippen LogP contribution in [-0.2, 0) is 20.8 Å². The number of ketones is 2. The van der Waals surface area contributed by atoms with E-state index in [9.17, 15) is 19.2 Å². The minimum atomic E-state index is -1.30. The number of Topliss-reactive ketones (excluding diaryl/α,β-unsaturated/α-hetero) is 2. The molecule has 1 aromatic rings. The van der Waals surface area contributed by atoms with Crippen LogP contribution in [0.25, 0.3) is 0 Å². The summed E-state index contributed by atoms with van der Waals surface area (Å²) in [6.45, 7) is 3.87. The molecule has 0 bridgehead atoms. The standard InChI is InChI=1S/C17H15Cl2NO4/c1-3-4-17(2)6-7-5-8(10-13(21)16(24)20-15(10)23)11(18)12(19)9(7)14(17)22/h5,10H,3-4,6H2,1-2H3,(H,20,23,24). The second-order valence-corrected chi connectivity index (χ2v) is 7.32. The fourth-order valence-corrected chi connectivity index (χ4v) is 4.20. The van der Waals surface area contributed by atoms with Crippen molar-refractivity contribution in [3.63, 3.8) is 0 Å². The number of amides is 2. The molecule has 1 fully saturated rings. The van der Waals surface area contributed by atoms with E-state index in [1.807, 2.05) is 19.2 Å². The van der Waals surface area contributed by atoms with Crippen molar-refractivity contribution in [3.05, 3.63) is 32.8 Å². The van der Waals surface area contributed by atoms with Crippen molar-refractivity contribution in [1.29, 1.82) is 0 Å². The van der Waals surface area contributed by atoms with Gasteiger partial charge in [-0.25, -0.2) is 0 Å². The Kier molecular flexibility index (Phi) is 4.04. The summed E-state index contributed by atoms with van der Waals surface area (Å²) in [6, 6.07) is 1.57. The SMILES string of the molecule is CCCC1(C)Cc2cc(C3C(=O)NC(=O)C3=O)c(Cl)c(Cl)c2C1=O. The fourth-order valence-electron chi connectivity index (χ4n) is 3.63. The molecule has 1 aliphatic carbocycles. The van der Waals surface area contributed by atoms with E-state index < -0.39 is 28.9 Å². The summed E-state index contributed by atoms with van der Waals surface area (Å²) in [6.07, 6.45) is 2.01. The molecule has 3 rings (SSSR count). The summed E-state index contributed by atoms with van der Waals surface area (Å²) < 4.78 is 0. The average molecular weight is 368 g/mol. The van der Waals surface area contributed by atoms with E-state index in [0.29, 0.717) is 24.0 Å². The monoisotopic (exact) mass is 367 g/mol. The molecule has 0 aromatic heterocycles. The summed E-state index contributed by atoms with van der Waals surface area (Å²) in [5.74, 6) is -3.91. The van der Waals surface area contributed by atoms with Crippen LogP contribution in [0.3, 0.4) is 0 Å². The maximum atomic E-state index is 12.8. The zero-order valence-electron chi connectivity index (χ0n) is 13.2. The minimum Gasteiger partial charge on any atom is -0.293 e. The first-order valence-corrected chi connectivity index (χ1v) is 8.41. The van der Waals surface area contributed by atoms with E-state index in [1.54, 1.807) is 6.07 Å². The Labute approximate surface area is 148 Å². The number of carbonyl (C=O) groups is 4. The normalized spacial score (nSPS) is 26.1. The van der Waals surface area contributed by atoms with Gasteiger partial charge in [0.2, 0.25) is 11.7 Å². The van der Waals surface area contributed by atoms with Crippen molar-refractivity contribution in [2.75, 3.05) is 0 Å². The first-order valence-electron chi connectivity index (χ1n) is 7.66. The highest BCUT2D eigenvalue weighted by atomic mass is 35.5. The summed E-state index contributed by atoms with van der Waals surface area (Å²) in [7, 11) is 0. The highest BCUT2D eigenvalue weighted by Crippen LogP contribution is 2.47. The van der Waals surface area contributed by atoms with Crippen molar-refractivity contribution < 1.29 is 19.2 Å². The van der Waals surface area contributed by atoms with E-state index in [-0.39, 0.29) is 21.4 Å². The van der Waals surface area contributed by atoms with Crippen LogP contribution in [0.2, 0.25) is 10.0 Å². The van der Waals surface area contributed by atoms with Crippen LogP contribution in [-0.4, -0.2) is 23.4 Å². The van der Waals surface area contributed by atoms with Crippen LogP contribution in [0.15, 0.2) is 6.07 Å². The number of hydrogen-bond donors (Lipinski definition) is 1. The smallest absolute Gasteiger partial charge is 0.293 e. The van der Waals surface area contributed by atoms with Crippen LogP contribution in [0, 0.1) is 5.41 Å². The Morgan fingerprint density at radius 2 is 1.88 bits per heavy atom. The van der Waals surface area contributed by atoms with Crippen LogP contribution < -0.4 is 5.32 Å². The summed E-state index contributed by atoms with van der Waals surface area (Å²) in [5.41, 5.74) is 0.640. The lowest BCUT2D eigenvalue weighted by molar-refractivity contribution is -0.135. The fraction of sp³-hybridized carbons (Fsp3) is 0.412. The highest BCUT2D eigenvalue weighted by molar-refractivity contribution is 6.51. The Morgan fingerprint density at radius 1 is 1.21 bits per heavy atom. The zero-order chi connectivity index (χ0) is 17.8. The molecule has 7 heteroatoms. The van der Waals surface area contributed by atoms with Gasteiger partial charge in [-0.3, -0.25) is 24.5 Å². The summed E-state index contributed by atoms with van der Waals surface area (Å²) in [5, 5.41) is 2.01. The van der Waals surface area contributed by atoms with Crippen LogP contribution >= 0.6 is 23.2 Å². The van der Waals surface area contributed by atoms with Gasteiger partial charge < -0.3 is 0 Å². The van der Waals surface area contributed by atoms with Gasteiger partial charge in [0.1, 0.15) is 5.92 Å². The quantitative estimate of drug-likeness (QED) is 0.506. The Balaban J connectivity index is 2.14. The summed E-state index contributed by atoms with van der Waals surface area (Å²) >= 11 is 12.5. The van der Waals surface area contributed by atoms with Gasteiger partial charge in [-0.2, -0.15) is 0 Å². The molecule has 24 heavy (non-hydrogen) atoms. The lowest BCUT2D eigenvalue weighted by Crippen LogP contribution is -2.23. The molecule has 2 aliphatic rings. The number of imide groups is 1. The van der Waals surface area contributed by atoms with Gasteiger partial charge in [-0.05, 0) is 24.0 Å². The molecule has 1 heterocycles. The average Bonchev–Trinajstić information content (AvgIpc) is 2.90. The van der Waals surface area contributed by atoms with Crippen molar-refractivity contribution in [2.45, 2.75) is 39.0 Å². The molecule has 2 amide bonds. The van der Waals surface area contributed by atoms with Crippen molar-refractivity contribution in [2.24, 2.45) is 5.41 Å². The summed E-state index contributed by atoms with van der Waals surface area (Å²) in [4.78, 5) is 48.1. The molecular formula is C17H15Cl2NO4. The van der Waals surface area contributed by atoms with Gasteiger partial charge in [0, 0.05) is 11.0 Å². The van der Waals surface area contributed by atoms with E-state index in [4.69, 9.17) is 23.2 Å². The Hall–Kier alpha value is -1.72. The van der Waals surface area contributed by atoms with E-state index in [1.165, 1.54) is 0 Å². The zero-order valence-corrected chi connectivity index (χ0v) is 14.7. The number of benzene rings is 1. The number of rotatable bonds is 3. The van der Waals surface area contributed by atoms with Gasteiger partial charge in [0.15, 0.2) is 5.78 Å². The Bertz CT molecular complexity index is 817. The lowest BCUT2D eigenvalue weighted by atomic mass is 9.82. The molecular weight excluding hydrogens is 353 g/mol. The molecule has 1 N–H and O–H groups in total. The first-order chi connectivity index (χ1) is 11.2. The maximum absolute atomic E-state index is 12.8. The van der Waals surface area contributed by atoms with E-state index in [0.717, 1.165) is 6.42 Å². The number of hydrogen-bond acceptors (Lipinski definition) is 4. The number of halogens is 2. The van der Waals surface area contributed by atoms with Crippen molar-refractivity contribution in [3.8, 4) is 0 Å². The van der Waals surface area contributed by atoms with E-state index >= 15 is 0 Å². The predicted octanol–water partition coefficient (Wildman–Crippen LogP) is 2.85. The second kappa shape index (κ2) is 5.67. The van der Waals surface area contributed by atoms with Crippen LogP contribution in [0.1, 0.15) is 54.1 Å². The minimum absolute atomic E-state index is 0.0206. The van der Waals surface area contributed by atoms with Gasteiger partial charge >= 0.3 is 0 Å². The largest absolute Gasteiger partial charge is 0.295 e.